The second kappa shape index (κ2) is 22.2. The molecule has 3 aliphatic rings. The fourth-order valence-corrected chi connectivity index (χ4v) is 9.13. The first-order valence-electron chi connectivity index (χ1n) is 21.2. The van der Waals surface area contributed by atoms with Gasteiger partial charge in [-0.15, -0.1) is 18.2 Å². The van der Waals surface area contributed by atoms with Crippen molar-refractivity contribution in [3.63, 3.8) is 0 Å². The van der Waals surface area contributed by atoms with Gasteiger partial charge in [-0.3, -0.25) is 4.90 Å². The number of benzene rings is 3. The third-order valence-electron chi connectivity index (χ3n) is 11.6. The van der Waals surface area contributed by atoms with Gasteiger partial charge < -0.3 is 39.3 Å². The lowest BCUT2D eigenvalue weighted by Gasteiger charge is -2.59. The summed E-state index contributed by atoms with van der Waals surface area (Å²) in [5.41, 5.74) is 3.77. The Morgan fingerprint density at radius 2 is 1.79 bits per heavy atom. The van der Waals surface area contributed by atoms with Gasteiger partial charge >= 0.3 is 12.2 Å². The van der Waals surface area contributed by atoms with Gasteiger partial charge in [0.1, 0.15) is 36.6 Å². The summed E-state index contributed by atoms with van der Waals surface area (Å²) in [6.45, 7) is 6.44. The second-order valence-corrected chi connectivity index (χ2v) is 15.9. The number of nitrogens with zero attached hydrogens (tertiary/aromatic N) is 2. The number of allylic oxidation sites excluding steroid dienone is 1. The summed E-state index contributed by atoms with van der Waals surface area (Å²) in [5.74, 6) is -2.19. The minimum atomic E-state index is -1.58. The molecule has 0 radical (unpaired) electrons. The maximum atomic E-state index is 14.5. The van der Waals surface area contributed by atoms with Crippen molar-refractivity contribution >= 4 is 29.5 Å². The summed E-state index contributed by atoms with van der Waals surface area (Å²) in [4.78, 5) is 34.9. The molecule has 14 heteroatoms. The average Bonchev–Trinajstić information content (AvgIpc) is 3.26. The predicted molar refractivity (Wildman–Crippen MR) is 230 cm³/mol. The molecule has 1 fully saturated rings. The van der Waals surface area contributed by atoms with E-state index >= 15 is 0 Å². The number of aliphatic hydroxyl groups is 2. The van der Waals surface area contributed by atoms with E-state index in [-0.39, 0.29) is 69.6 Å². The van der Waals surface area contributed by atoms with Crippen LogP contribution in [0.1, 0.15) is 74.5 Å². The molecule has 0 unspecified atom stereocenters. The third kappa shape index (κ3) is 10.9. The molecule has 3 aromatic rings. The van der Waals surface area contributed by atoms with Crippen LogP contribution in [0.3, 0.4) is 0 Å². The highest BCUT2D eigenvalue weighted by Crippen LogP contribution is 2.62. The van der Waals surface area contributed by atoms with Gasteiger partial charge in [-0.25, -0.2) is 14.0 Å². The largest absolute Gasteiger partial charge is 0.459 e. The number of aliphatic hydroxyl groups excluding tert-OH is 2. The van der Waals surface area contributed by atoms with Crippen molar-refractivity contribution in [2.75, 3.05) is 38.9 Å². The van der Waals surface area contributed by atoms with Crippen molar-refractivity contribution in [2.45, 2.75) is 82.8 Å². The van der Waals surface area contributed by atoms with Crippen molar-refractivity contribution in [2.24, 2.45) is 22.9 Å². The van der Waals surface area contributed by atoms with Crippen molar-refractivity contribution in [1.82, 2.24) is 10.2 Å². The van der Waals surface area contributed by atoms with E-state index in [0.717, 1.165) is 36.0 Å². The van der Waals surface area contributed by atoms with E-state index in [9.17, 15) is 24.2 Å². The molecule has 12 nitrogen and oxygen atoms in total. The number of alkyl halides is 1. The highest BCUT2D eigenvalue weighted by atomic mass is 35.5. The number of fused-ring (bicyclic) bond motifs is 2. The molecule has 0 spiro atoms. The molecule has 2 amide bonds. The summed E-state index contributed by atoms with van der Waals surface area (Å²) >= 11 is 6.06. The Balaban J connectivity index is 1.60. The summed E-state index contributed by atoms with van der Waals surface area (Å²) in [6.07, 6.45) is 6.90. The molecule has 3 aromatic carbocycles. The standard InChI is InChI=1S/C47H57ClFN3O9/c1-3-25-58-47-42(52(46(56)57-26-22-48)30-32-16-18-35(49)19-17-32)29-40(51-59-31-33-12-6-5-7-13-33)38-27-34(14-8-10-23-53)37(15-9-11-24-54)43(44(38)47)39-28-36(20-21-41(39)61-47)60-45(55)50-4-2/h3,5-7,12-13,16-21,27-28,34,37,42-44,53-54H,1,4,8-11,14-15,22-26,29-31H2,2H3,(H,50,55)/t34-,37+,42-,43+,44+,47+/m0/s1. The third-order valence-corrected chi connectivity index (χ3v) is 11.8. The lowest BCUT2D eigenvalue weighted by atomic mass is 9.55. The number of amides is 2. The van der Waals surface area contributed by atoms with E-state index < -0.39 is 35.8 Å². The molecule has 328 valence electrons. The van der Waals surface area contributed by atoms with Crippen LogP contribution < -0.4 is 14.8 Å². The maximum absolute atomic E-state index is 14.5. The average molecular weight is 862 g/mol. The summed E-state index contributed by atoms with van der Waals surface area (Å²) < 4.78 is 40.0. The van der Waals surface area contributed by atoms with Gasteiger partial charge in [-0.05, 0) is 91.5 Å². The molecule has 0 saturated heterocycles. The molecular weight excluding hydrogens is 805 g/mol. The van der Waals surface area contributed by atoms with E-state index in [1.807, 2.05) is 43.3 Å². The topological polar surface area (TPSA) is 148 Å². The summed E-state index contributed by atoms with van der Waals surface area (Å²) in [6, 6.07) is 20.0. The number of unbranched alkanes of at least 4 members (excludes halogenated alkanes) is 2. The minimum Gasteiger partial charge on any atom is -0.459 e. The first-order valence-corrected chi connectivity index (χ1v) is 21.7. The molecule has 0 bridgehead atoms. The minimum absolute atomic E-state index is 0.000893. The maximum Gasteiger partial charge on any atom is 0.412 e. The van der Waals surface area contributed by atoms with Gasteiger partial charge in [-0.2, -0.15) is 0 Å². The number of halogens is 2. The molecule has 1 saturated carbocycles. The Morgan fingerprint density at radius 3 is 2.49 bits per heavy atom. The quantitative estimate of drug-likeness (QED) is 0.0414. The highest BCUT2D eigenvalue weighted by molar-refractivity contribution is 6.18. The second-order valence-electron chi connectivity index (χ2n) is 15.5. The Hall–Kier alpha value is -4.95. The Labute approximate surface area is 362 Å². The fraction of sp³-hybridized carbons (Fsp3) is 0.468. The zero-order valence-corrected chi connectivity index (χ0v) is 35.4. The first kappa shape index (κ1) is 45.6. The van der Waals surface area contributed by atoms with E-state index in [2.05, 4.69) is 18.0 Å². The molecule has 1 aliphatic heterocycles. The Bertz CT molecular complexity index is 1980. The molecule has 6 atom stereocenters. The van der Waals surface area contributed by atoms with Gasteiger partial charge in [0, 0.05) is 44.2 Å². The van der Waals surface area contributed by atoms with Crippen LogP contribution in [0.2, 0.25) is 0 Å². The Morgan fingerprint density at radius 1 is 1.03 bits per heavy atom. The number of rotatable bonds is 21. The number of carbonyl (C=O) groups is 2. The van der Waals surface area contributed by atoms with Crippen molar-refractivity contribution < 1.29 is 48.0 Å². The van der Waals surface area contributed by atoms with Crippen LogP contribution in [-0.4, -0.2) is 83.7 Å². The van der Waals surface area contributed by atoms with Crippen LogP contribution in [0.5, 0.6) is 11.5 Å². The van der Waals surface area contributed by atoms with Gasteiger partial charge in [0.05, 0.1) is 24.1 Å². The smallest absolute Gasteiger partial charge is 0.412 e. The van der Waals surface area contributed by atoms with Gasteiger partial charge in [0.15, 0.2) is 0 Å². The number of oxime groups is 1. The molecule has 3 N–H and O–H groups in total. The van der Waals surface area contributed by atoms with Crippen molar-refractivity contribution in [3.8, 4) is 11.5 Å². The summed E-state index contributed by atoms with van der Waals surface area (Å²) in [7, 11) is 0. The van der Waals surface area contributed by atoms with Crippen LogP contribution in [0.15, 0.2) is 102 Å². The van der Waals surface area contributed by atoms with E-state index in [1.54, 1.807) is 35.2 Å². The van der Waals surface area contributed by atoms with E-state index in [0.29, 0.717) is 48.6 Å². The Kier molecular flexibility index (Phi) is 16.6. The van der Waals surface area contributed by atoms with Gasteiger partial charge in [0.25, 0.3) is 0 Å². The highest BCUT2D eigenvalue weighted by Gasteiger charge is 2.65. The molecular formula is C47H57ClFN3O9. The monoisotopic (exact) mass is 861 g/mol. The molecule has 6 rings (SSSR count). The van der Waals surface area contributed by atoms with E-state index in [1.165, 1.54) is 12.1 Å². The van der Waals surface area contributed by atoms with Crippen molar-refractivity contribution in [1.29, 1.82) is 0 Å². The van der Waals surface area contributed by atoms with Crippen LogP contribution in [0.25, 0.3) is 0 Å². The van der Waals surface area contributed by atoms with Crippen LogP contribution in [0.4, 0.5) is 14.0 Å². The lowest BCUT2D eigenvalue weighted by molar-refractivity contribution is -0.256. The first-order chi connectivity index (χ1) is 29.8. The number of hydrogen-bond acceptors (Lipinski definition) is 10. The van der Waals surface area contributed by atoms with Gasteiger partial charge in [-0.1, -0.05) is 72.6 Å². The molecule has 61 heavy (non-hydrogen) atoms. The molecule has 0 aromatic heterocycles. The van der Waals surface area contributed by atoms with Crippen molar-refractivity contribution in [3.05, 3.63) is 120 Å². The zero-order chi connectivity index (χ0) is 43.2. The van der Waals surface area contributed by atoms with Crippen LogP contribution in [0, 0.1) is 23.6 Å². The zero-order valence-electron chi connectivity index (χ0n) is 34.7. The number of ether oxygens (including phenoxy) is 4. The van der Waals surface area contributed by atoms with Gasteiger partial charge in [0.2, 0.25) is 5.79 Å². The lowest BCUT2D eigenvalue weighted by Crippen LogP contribution is -2.70. The summed E-state index contributed by atoms with van der Waals surface area (Å²) in [5, 5.41) is 27.3. The fourth-order valence-electron chi connectivity index (χ4n) is 9.06. The molecule has 1 heterocycles. The number of nitrogens with one attached hydrogen (secondary N) is 1. The SMILES string of the molecule is C=CCO[C@@]12Oc3ccc(OC(=O)NCC)cc3[C@H]3[C@H](CCCCO)[C@@H](CCCCO)C=C(C(=NOCc4ccccc4)C[C@@H]1N(Cc1ccc(F)cc1)C(=O)OCCCl)[C@H]32. The van der Waals surface area contributed by atoms with E-state index in [4.69, 9.17) is 40.5 Å². The normalized spacial score (nSPS) is 23.1. The van der Waals surface area contributed by atoms with Crippen LogP contribution in [-0.2, 0) is 27.5 Å². The number of hydrogen-bond donors (Lipinski definition) is 3. The number of carbonyl (C=O) groups excluding carboxylic acids is 2. The van der Waals surface area contributed by atoms with Crippen LogP contribution >= 0.6 is 11.6 Å². The molecule has 2 aliphatic carbocycles. The predicted octanol–water partition coefficient (Wildman–Crippen LogP) is 8.65.